The summed E-state index contributed by atoms with van der Waals surface area (Å²) in [4.78, 5) is 23.9. The molecule has 2 N–H and O–H groups in total. The molecule has 1 aromatic carbocycles. The van der Waals surface area contributed by atoms with Gasteiger partial charge in [0.05, 0.1) is 24.9 Å². The smallest absolute Gasteiger partial charge is 0.204 e. The van der Waals surface area contributed by atoms with E-state index in [0.717, 1.165) is 54.9 Å². The van der Waals surface area contributed by atoms with Crippen molar-refractivity contribution in [2.75, 3.05) is 39.5 Å². The Balaban J connectivity index is 1.45. The SMILES string of the molecule is CC(=O)C1C(OCCN2CCOCC2)=Nc2c(-c3cnc4ccccc4c3)cnn2C1N. The van der Waals surface area contributed by atoms with Crippen molar-refractivity contribution < 1.29 is 14.3 Å². The van der Waals surface area contributed by atoms with Crippen LogP contribution in [0.25, 0.3) is 22.0 Å². The molecule has 2 aliphatic heterocycles. The maximum atomic E-state index is 12.4. The standard InChI is InChI=1S/C23H26N6O3/c1-15(30)20-21(24)29-22(27-23(20)32-11-8-28-6-9-31-10-7-28)18(14-26-29)17-12-16-4-2-3-5-19(16)25-13-17/h2-5,12-14,20-21H,6-11,24H2,1H3. The van der Waals surface area contributed by atoms with Gasteiger partial charge in [-0.25, -0.2) is 4.68 Å². The van der Waals surface area contributed by atoms with Crippen LogP contribution in [0.2, 0.25) is 0 Å². The molecular formula is C23H26N6O3. The Morgan fingerprint density at radius 1 is 1.25 bits per heavy atom. The lowest BCUT2D eigenvalue weighted by atomic mass is 9.99. The summed E-state index contributed by atoms with van der Waals surface area (Å²) >= 11 is 0. The Hall–Kier alpha value is -3.14. The number of ketones is 1. The average Bonchev–Trinajstić information content (AvgIpc) is 3.23. The van der Waals surface area contributed by atoms with Crippen molar-refractivity contribution in [2.45, 2.75) is 13.1 Å². The molecule has 32 heavy (non-hydrogen) atoms. The van der Waals surface area contributed by atoms with Gasteiger partial charge in [0.1, 0.15) is 24.5 Å². The van der Waals surface area contributed by atoms with Crippen LogP contribution in [0.1, 0.15) is 13.1 Å². The minimum atomic E-state index is -0.680. The third-order valence-corrected chi connectivity index (χ3v) is 5.98. The van der Waals surface area contributed by atoms with Crippen molar-refractivity contribution in [3.05, 3.63) is 42.7 Å². The Morgan fingerprint density at radius 3 is 2.88 bits per heavy atom. The lowest BCUT2D eigenvalue weighted by Crippen LogP contribution is -2.42. The fourth-order valence-electron chi connectivity index (χ4n) is 4.21. The van der Waals surface area contributed by atoms with Crippen molar-refractivity contribution in [2.24, 2.45) is 16.6 Å². The van der Waals surface area contributed by atoms with Crippen LogP contribution in [-0.4, -0.2) is 70.8 Å². The maximum absolute atomic E-state index is 12.4. The van der Waals surface area contributed by atoms with Crippen LogP contribution in [0.3, 0.4) is 0 Å². The number of aliphatic imine (C=N–C) groups is 1. The third-order valence-electron chi connectivity index (χ3n) is 5.98. The van der Waals surface area contributed by atoms with Gasteiger partial charge in [0.15, 0.2) is 5.82 Å². The quantitative estimate of drug-likeness (QED) is 0.655. The fraction of sp³-hybridized carbons (Fsp3) is 0.391. The predicted molar refractivity (Wildman–Crippen MR) is 121 cm³/mol. The number of nitrogens with two attached hydrogens (primary N) is 1. The summed E-state index contributed by atoms with van der Waals surface area (Å²) < 4.78 is 13.0. The summed E-state index contributed by atoms with van der Waals surface area (Å²) in [6.07, 6.45) is 2.84. The maximum Gasteiger partial charge on any atom is 0.204 e. The van der Waals surface area contributed by atoms with Gasteiger partial charge in [0, 0.05) is 42.3 Å². The minimum Gasteiger partial charge on any atom is -0.479 e. The largest absolute Gasteiger partial charge is 0.479 e. The summed E-state index contributed by atoms with van der Waals surface area (Å²) in [6.45, 7) is 5.87. The van der Waals surface area contributed by atoms with Gasteiger partial charge in [0.2, 0.25) is 5.90 Å². The number of nitrogens with zero attached hydrogens (tertiary/aromatic N) is 5. The molecule has 9 nitrogen and oxygen atoms in total. The zero-order valence-corrected chi connectivity index (χ0v) is 18.0. The molecule has 2 aromatic heterocycles. The normalized spacial score (nSPS) is 21.2. The summed E-state index contributed by atoms with van der Waals surface area (Å²) in [5.41, 5.74) is 9.06. The van der Waals surface area contributed by atoms with Crippen LogP contribution in [0.5, 0.6) is 0 Å². The number of rotatable bonds is 5. The molecule has 0 spiro atoms. The van der Waals surface area contributed by atoms with E-state index < -0.39 is 12.1 Å². The van der Waals surface area contributed by atoms with E-state index in [-0.39, 0.29) is 5.78 Å². The third kappa shape index (κ3) is 3.90. The second-order valence-electron chi connectivity index (χ2n) is 8.07. The number of morpholine rings is 1. The molecule has 5 rings (SSSR count). The topological polar surface area (TPSA) is 108 Å². The van der Waals surface area contributed by atoms with E-state index in [9.17, 15) is 4.79 Å². The van der Waals surface area contributed by atoms with Crippen LogP contribution in [0.15, 0.2) is 47.7 Å². The van der Waals surface area contributed by atoms with Crippen molar-refractivity contribution in [3.8, 4) is 11.1 Å². The molecule has 1 fully saturated rings. The number of hydrogen-bond donors (Lipinski definition) is 1. The number of hydrogen-bond acceptors (Lipinski definition) is 8. The van der Waals surface area contributed by atoms with Crippen LogP contribution in [0, 0.1) is 5.92 Å². The van der Waals surface area contributed by atoms with E-state index in [1.165, 1.54) is 6.92 Å². The number of Topliss-reactive ketones (excluding diaryl/α,β-unsaturated/α-hetero) is 1. The second-order valence-corrected chi connectivity index (χ2v) is 8.07. The van der Waals surface area contributed by atoms with Gasteiger partial charge in [-0.15, -0.1) is 0 Å². The van der Waals surface area contributed by atoms with Crippen molar-refractivity contribution >= 4 is 28.4 Å². The van der Waals surface area contributed by atoms with Gasteiger partial charge in [-0.1, -0.05) is 18.2 Å². The van der Waals surface area contributed by atoms with Gasteiger partial charge in [-0.3, -0.25) is 14.7 Å². The first-order valence-corrected chi connectivity index (χ1v) is 10.8. The number of para-hydroxylation sites is 1. The molecule has 9 heteroatoms. The Morgan fingerprint density at radius 2 is 2.06 bits per heavy atom. The molecule has 0 bridgehead atoms. The zero-order chi connectivity index (χ0) is 22.1. The lowest BCUT2D eigenvalue weighted by Gasteiger charge is -2.30. The predicted octanol–water partition coefficient (Wildman–Crippen LogP) is 2.15. The zero-order valence-electron chi connectivity index (χ0n) is 18.0. The highest BCUT2D eigenvalue weighted by Crippen LogP contribution is 2.37. The lowest BCUT2D eigenvalue weighted by molar-refractivity contribution is -0.120. The summed E-state index contributed by atoms with van der Waals surface area (Å²) in [6, 6.07) is 9.98. The summed E-state index contributed by atoms with van der Waals surface area (Å²) in [5, 5.41) is 5.47. The summed E-state index contributed by atoms with van der Waals surface area (Å²) in [5.74, 6) is 0.155. The van der Waals surface area contributed by atoms with E-state index in [2.05, 4.69) is 21.0 Å². The minimum absolute atomic E-state index is 0.0994. The average molecular weight is 435 g/mol. The van der Waals surface area contributed by atoms with Gasteiger partial charge in [0.25, 0.3) is 0 Å². The molecule has 0 radical (unpaired) electrons. The van der Waals surface area contributed by atoms with Gasteiger partial charge < -0.3 is 15.2 Å². The Bertz CT molecular complexity index is 1170. The van der Waals surface area contributed by atoms with Crippen molar-refractivity contribution in [1.82, 2.24) is 19.7 Å². The monoisotopic (exact) mass is 434 g/mol. The number of benzene rings is 1. The molecule has 1 saturated heterocycles. The molecule has 2 atom stereocenters. The van der Waals surface area contributed by atoms with Crippen LogP contribution in [0.4, 0.5) is 5.82 Å². The highest BCUT2D eigenvalue weighted by Gasteiger charge is 2.37. The molecule has 0 saturated carbocycles. The van der Waals surface area contributed by atoms with E-state index in [1.54, 1.807) is 17.1 Å². The number of pyridine rings is 1. The van der Waals surface area contributed by atoms with E-state index in [4.69, 9.17) is 20.2 Å². The number of aromatic nitrogens is 3. The highest BCUT2D eigenvalue weighted by molar-refractivity contribution is 6.03. The van der Waals surface area contributed by atoms with E-state index in [0.29, 0.717) is 18.3 Å². The number of ether oxygens (including phenoxy) is 2. The Kier molecular flexibility index (Phi) is 5.69. The fourth-order valence-corrected chi connectivity index (χ4v) is 4.21. The number of fused-ring (bicyclic) bond motifs is 2. The van der Waals surface area contributed by atoms with Gasteiger partial charge in [-0.05, 0) is 19.1 Å². The van der Waals surface area contributed by atoms with Crippen LogP contribution in [-0.2, 0) is 14.3 Å². The van der Waals surface area contributed by atoms with Crippen molar-refractivity contribution in [1.29, 1.82) is 0 Å². The van der Waals surface area contributed by atoms with Crippen LogP contribution >= 0.6 is 0 Å². The van der Waals surface area contributed by atoms with Gasteiger partial charge in [-0.2, -0.15) is 10.1 Å². The van der Waals surface area contributed by atoms with E-state index >= 15 is 0 Å². The molecule has 0 amide bonds. The first-order valence-electron chi connectivity index (χ1n) is 10.8. The molecule has 166 valence electrons. The number of carbonyl (C=O) groups is 1. The molecule has 3 aromatic rings. The Labute approximate surface area is 185 Å². The molecule has 0 aliphatic carbocycles. The first kappa shape index (κ1) is 20.7. The molecule has 4 heterocycles. The molecular weight excluding hydrogens is 408 g/mol. The van der Waals surface area contributed by atoms with Crippen LogP contribution < -0.4 is 5.73 Å². The van der Waals surface area contributed by atoms with E-state index in [1.807, 2.05) is 24.3 Å². The first-order chi connectivity index (χ1) is 15.6. The highest BCUT2D eigenvalue weighted by atomic mass is 16.5. The number of carbonyl (C=O) groups excluding carboxylic acids is 1. The van der Waals surface area contributed by atoms with Crippen molar-refractivity contribution in [3.63, 3.8) is 0 Å². The second kappa shape index (κ2) is 8.78. The van der Waals surface area contributed by atoms with Gasteiger partial charge >= 0.3 is 0 Å². The molecule has 2 unspecified atom stereocenters. The summed E-state index contributed by atoms with van der Waals surface area (Å²) in [7, 11) is 0. The molecule has 2 aliphatic rings.